The molecule has 30 nitrogen and oxygen atoms in total. The summed E-state index contributed by atoms with van der Waals surface area (Å²) in [5, 5.41) is 45.6. The first-order valence-electron chi connectivity index (χ1n) is 18.1. The van der Waals surface area contributed by atoms with Gasteiger partial charge >= 0.3 is 169 Å². The topological polar surface area (TPSA) is 493 Å². The number of nitrogens with zero attached hydrogens (tertiary/aromatic N) is 7. The van der Waals surface area contributed by atoms with Crippen LogP contribution >= 0.6 is 11.6 Å². The van der Waals surface area contributed by atoms with Crippen LogP contribution in [0.2, 0.25) is 5.28 Å². The first kappa shape index (κ1) is 82.7. The largest absolute Gasteiger partial charge is 1.00 e. The van der Waals surface area contributed by atoms with Crippen LogP contribution in [0.3, 0.4) is 0 Å². The van der Waals surface area contributed by atoms with Crippen molar-refractivity contribution in [2.24, 2.45) is 20.5 Å². The van der Waals surface area contributed by atoms with Crippen LogP contribution in [0.1, 0.15) is 5.56 Å². The number of rotatable bonds is 14. The molecule has 0 saturated carbocycles. The Hall–Kier alpha value is -1.74. The molecule has 0 aliphatic rings. The fourth-order valence-electron chi connectivity index (χ4n) is 5.26. The summed E-state index contributed by atoms with van der Waals surface area (Å²) in [5.41, 5.74) is -0.346. The van der Waals surface area contributed by atoms with Crippen LogP contribution < -0.4 is 164 Å². The van der Waals surface area contributed by atoms with Crippen molar-refractivity contribution in [1.29, 1.82) is 0 Å². The molecule has 0 bridgehead atoms. The van der Waals surface area contributed by atoms with Gasteiger partial charge in [-0.25, -0.2) is 33.7 Å². The third kappa shape index (κ3) is 29.5. The minimum atomic E-state index is -5.18. The molecule has 1 heterocycles. The van der Waals surface area contributed by atoms with E-state index in [4.69, 9.17) is 54.4 Å². The zero-order chi connectivity index (χ0) is 54.4. The Balaban J connectivity index is -0.00000130. The van der Waals surface area contributed by atoms with Crippen LogP contribution in [-0.4, -0.2) is 114 Å². The second-order valence-electron chi connectivity index (χ2n) is 12.9. The molecule has 6 N–H and O–H groups in total. The number of aromatic hydroxyl groups is 2. The maximum Gasteiger partial charge on any atom is 1.00 e. The minimum absolute atomic E-state index is 0. The molecule has 0 amide bonds. The second kappa shape index (κ2) is 37.5. The molecule has 43 heteroatoms. The molecule has 6 aromatic rings. The van der Waals surface area contributed by atoms with E-state index in [1.807, 2.05) is 0 Å². The van der Waals surface area contributed by atoms with Gasteiger partial charge in [0.05, 0.1) is 21.2 Å². The van der Waals surface area contributed by atoms with Crippen LogP contribution in [0, 0.1) is 26.0 Å². The van der Waals surface area contributed by atoms with Gasteiger partial charge in [-0.15, -0.1) is 42.5 Å². The van der Waals surface area contributed by atoms with Crippen molar-refractivity contribution in [3.8, 4) is 11.5 Å². The Morgan fingerprint density at radius 2 is 1.21 bits per heavy atom. The third-order valence-electron chi connectivity index (χ3n) is 7.95. The van der Waals surface area contributed by atoms with Crippen molar-refractivity contribution in [1.82, 2.24) is 15.0 Å². The smallest absolute Gasteiger partial charge is 0.747 e. The van der Waals surface area contributed by atoms with Crippen LogP contribution in [0.15, 0.2) is 103 Å². The maximum absolute atomic E-state index is 12.3. The Labute approximate surface area is 573 Å². The number of phenolic OH excluding ortho intramolecular Hbond substituents is 2. The fourth-order valence-corrected chi connectivity index (χ4v) is 7.40. The number of phenols is 2. The normalized spacial score (nSPS) is 10.7. The van der Waals surface area contributed by atoms with Gasteiger partial charge in [-0.3, -0.25) is 4.55 Å². The van der Waals surface area contributed by atoms with Crippen molar-refractivity contribution in [2.45, 2.75) is 16.7 Å². The predicted octanol–water partition coefficient (Wildman–Crippen LogP) is -11.2. The third-order valence-corrected chi connectivity index (χ3v) is 11.1. The number of halogens is 1. The van der Waals surface area contributed by atoms with E-state index < -0.39 is 95.4 Å². The van der Waals surface area contributed by atoms with Crippen molar-refractivity contribution in [3.05, 3.63) is 103 Å². The SMILES string of the molecule is O=S(=O)([O-])O.O=S(=O)=O.O=S(=O)=O.[CH2-]CS(=O)(=O)c1cc(O)c(N=Nc2[c-]cc3c(N=Nc4cc(Nc5nc(Cl)nc(Nc6cc[c-]cc6)n5)ccc4S(=O)(=O)[O-])c(NCS(=O)(=O)[O-])ccc3c2O)cc1C.[Cu].[Na+].[Na+].[Na+].[Na+].[Na+]. The second-order valence-corrected chi connectivity index (χ2v) is 19.7. The van der Waals surface area contributed by atoms with Crippen molar-refractivity contribution in [3.63, 3.8) is 0 Å². The van der Waals surface area contributed by atoms with E-state index in [0.29, 0.717) is 5.69 Å². The summed E-state index contributed by atoms with van der Waals surface area (Å²) in [6, 6.07) is 21.5. The number of anilines is 5. The predicted molar refractivity (Wildman–Crippen MR) is 244 cm³/mol. The molecule has 0 atom stereocenters. The van der Waals surface area contributed by atoms with Gasteiger partial charge < -0.3 is 46.7 Å². The van der Waals surface area contributed by atoms with Gasteiger partial charge in [-0.2, -0.15) is 60.6 Å². The minimum Gasteiger partial charge on any atom is -0.747 e. The van der Waals surface area contributed by atoms with Gasteiger partial charge in [-0.1, -0.05) is 28.3 Å². The van der Waals surface area contributed by atoms with Crippen LogP contribution in [0.5, 0.6) is 11.5 Å². The summed E-state index contributed by atoms with van der Waals surface area (Å²) in [6.45, 7) is 4.87. The van der Waals surface area contributed by atoms with Crippen molar-refractivity contribution >= 4 is 136 Å². The van der Waals surface area contributed by atoms with Gasteiger partial charge in [0.15, 0.2) is 9.84 Å². The number of sulfone groups is 1. The fraction of sp³-hybridized carbons (Fsp3) is 0.0857. The number of azo groups is 2. The van der Waals surface area contributed by atoms with E-state index in [9.17, 15) is 44.6 Å². The number of hydrogen-bond acceptors (Lipinski definition) is 29. The van der Waals surface area contributed by atoms with E-state index in [2.05, 4.69) is 70.4 Å². The van der Waals surface area contributed by atoms with Crippen LogP contribution in [-0.2, 0) is 78.8 Å². The van der Waals surface area contributed by atoms with E-state index in [1.54, 1.807) is 24.3 Å². The summed E-state index contributed by atoms with van der Waals surface area (Å²) in [7, 11) is -24.9. The van der Waals surface area contributed by atoms with Gasteiger partial charge in [0.1, 0.15) is 43.2 Å². The summed E-state index contributed by atoms with van der Waals surface area (Å²) in [5.74, 6) is -2.70. The molecule has 0 aliphatic carbocycles. The number of hydrogen-bond donors (Lipinski definition) is 6. The number of fused-ring (bicyclic) bond motifs is 1. The van der Waals surface area contributed by atoms with Crippen molar-refractivity contribution in [2.75, 3.05) is 27.6 Å². The molecule has 6 rings (SSSR count). The Morgan fingerprint density at radius 3 is 1.71 bits per heavy atom. The summed E-state index contributed by atoms with van der Waals surface area (Å²) >= 11 is 6.11. The van der Waals surface area contributed by atoms with Gasteiger partial charge in [0.2, 0.25) is 27.6 Å². The molecule has 0 spiro atoms. The molecule has 1 aromatic heterocycles. The molecular formula is C35H27ClCuN10Na5O20S6-. The summed E-state index contributed by atoms with van der Waals surface area (Å²) in [6.07, 6.45) is 0. The Morgan fingerprint density at radius 1 is 0.692 bits per heavy atom. The first-order chi connectivity index (χ1) is 33.3. The molecule has 397 valence electrons. The molecular weight excluding hydrogens is 1290 g/mol. The maximum atomic E-state index is 12.3. The Bertz CT molecular complexity index is 3750. The standard InChI is InChI=1S/C35H28ClN10O10S3.Cu.5Na.H2O4S.2O3S/c1-3-57(49,50)30-17-28(47)26(15-19(30)2)44-43-25-13-10-22-23(32(25)48)11-12-24(37-18-58(51,52)53)31(22)46-45-27-16-21(9-14-29(27)59(54,55)56)39-35-41-33(36)40-34(42-35)38-20-7-5-4-6-8-20;;;;;;;1-5(2,3)4;2*1-4(2)3/h5-12,14-17,37,47-48H,1,3,18H2,2H3,(H,51,52,53)(H,54,55,56)(H2,38,39,40,41,42);;;;;;;(H2,1,2,3,4);;/q-3;;5*+1;;;/p-3. The number of benzene rings is 5. The molecule has 5 aromatic carbocycles. The first-order valence-corrected chi connectivity index (χ1v) is 26.5. The van der Waals surface area contributed by atoms with Crippen molar-refractivity contribution < 1.29 is 252 Å². The molecule has 0 unspecified atom stereocenters. The molecule has 78 heavy (non-hydrogen) atoms. The quantitative estimate of drug-likeness (QED) is 0.0194. The molecule has 0 aliphatic heterocycles. The average molecular weight is 1310 g/mol. The van der Waals surface area contributed by atoms with Crippen LogP contribution in [0.25, 0.3) is 10.8 Å². The zero-order valence-corrected chi connectivity index (χ0v) is 57.2. The van der Waals surface area contributed by atoms with Gasteiger partial charge in [0.25, 0.3) is 0 Å². The molecule has 0 fully saturated rings. The van der Waals surface area contributed by atoms with Crippen LogP contribution in [0.4, 0.5) is 51.7 Å². The number of nitrogens with one attached hydrogen (secondary N) is 3. The van der Waals surface area contributed by atoms with E-state index in [1.165, 1.54) is 37.3 Å². The zero-order valence-electron chi connectivity index (χ0n) is 40.6. The van der Waals surface area contributed by atoms with E-state index >= 15 is 0 Å². The summed E-state index contributed by atoms with van der Waals surface area (Å²) < 4.78 is 180. The van der Waals surface area contributed by atoms with Gasteiger partial charge in [0, 0.05) is 40.3 Å². The number of aromatic nitrogens is 3. The van der Waals surface area contributed by atoms with Gasteiger partial charge in [-0.05, 0) is 54.4 Å². The van der Waals surface area contributed by atoms with E-state index in [-0.39, 0.29) is 232 Å². The monoisotopic (exact) mass is 1310 g/mol. The number of aryl methyl sites for hydroxylation is 1. The van der Waals surface area contributed by atoms with E-state index in [0.717, 1.165) is 18.2 Å². The molecule has 1 radical (unpaired) electrons. The molecule has 0 saturated heterocycles. The average Bonchev–Trinajstić information content (AvgIpc) is 3.24. The summed E-state index contributed by atoms with van der Waals surface area (Å²) in [4.78, 5) is 11.3. The Kier molecular flexibility index (Phi) is 39.7.